The molecular formula is C22H32N2O2. The predicted octanol–water partition coefficient (Wildman–Crippen LogP) is 4.86. The smallest absolute Gasteiger partial charge is 0.286 e. The van der Waals surface area contributed by atoms with Gasteiger partial charge in [-0.05, 0) is 50.8 Å². The third-order valence-electron chi connectivity index (χ3n) is 4.40. The molecule has 0 saturated heterocycles. The average Bonchev–Trinajstić information content (AvgIpc) is 3.03. The van der Waals surface area contributed by atoms with Crippen molar-refractivity contribution in [3.05, 3.63) is 59.5 Å². The van der Waals surface area contributed by atoms with Crippen LogP contribution in [-0.4, -0.2) is 22.9 Å². The van der Waals surface area contributed by atoms with Crippen molar-refractivity contribution in [3.8, 4) is 0 Å². The van der Waals surface area contributed by atoms with Gasteiger partial charge in [-0.15, -0.1) is 0 Å². The van der Waals surface area contributed by atoms with Crippen LogP contribution in [0.1, 0.15) is 62.9 Å². The first-order valence-corrected chi connectivity index (χ1v) is 9.41. The normalized spacial score (nSPS) is 12.0. The largest absolute Gasteiger partial charge is 0.455 e. The van der Waals surface area contributed by atoms with Crippen LogP contribution in [0.2, 0.25) is 0 Å². The Labute approximate surface area is 157 Å². The van der Waals surface area contributed by atoms with Crippen LogP contribution in [0.5, 0.6) is 0 Å². The molecule has 2 aromatic rings. The fourth-order valence-corrected chi connectivity index (χ4v) is 2.67. The molecule has 0 spiro atoms. The van der Waals surface area contributed by atoms with Crippen molar-refractivity contribution in [3.63, 3.8) is 0 Å². The summed E-state index contributed by atoms with van der Waals surface area (Å²) < 4.78 is 5.81. The second-order valence-electron chi connectivity index (χ2n) is 8.22. The maximum absolute atomic E-state index is 12.2. The number of amides is 1. The molecule has 1 aromatic carbocycles. The molecule has 1 heterocycles. The van der Waals surface area contributed by atoms with Gasteiger partial charge in [0, 0.05) is 18.6 Å². The topological polar surface area (TPSA) is 45.5 Å². The molecule has 1 N–H and O–H groups in total. The average molecular weight is 357 g/mol. The van der Waals surface area contributed by atoms with Crippen molar-refractivity contribution in [1.82, 2.24) is 10.2 Å². The van der Waals surface area contributed by atoms with Crippen LogP contribution in [0.25, 0.3) is 0 Å². The van der Waals surface area contributed by atoms with Gasteiger partial charge in [0.15, 0.2) is 5.76 Å². The Morgan fingerprint density at radius 1 is 1.08 bits per heavy atom. The number of hydrogen-bond donors (Lipinski definition) is 1. The number of carbonyl (C=O) groups is 1. The minimum atomic E-state index is -0.137. The van der Waals surface area contributed by atoms with Crippen LogP contribution in [0.4, 0.5) is 0 Å². The lowest BCUT2D eigenvalue weighted by molar-refractivity contribution is 0.0905. The molecule has 0 aliphatic heterocycles. The van der Waals surface area contributed by atoms with E-state index in [1.54, 1.807) is 6.07 Å². The summed E-state index contributed by atoms with van der Waals surface area (Å²) in [5.41, 5.74) is 1.25. The molecule has 0 bridgehead atoms. The zero-order valence-electron chi connectivity index (χ0n) is 16.7. The van der Waals surface area contributed by atoms with Gasteiger partial charge >= 0.3 is 0 Å². The fourth-order valence-electron chi connectivity index (χ4n) is 2.67. The summed E-state index contributed by atoms with van der Waals surface area (Å²) >= 11 is 0. The zero-order chi connectivity index (χ0) is 19.2. The summed E-state index contributed by atoms with van der Waals surface area (Å²) in [6.07, 6.45) is 0.966. The molecular weight excluding hydrogens is 324 g/mol. The Bertz CT molecular complexity index is 684. The van der Waals surface area contributed by atoms with E-state index >= 15 is 0 Å². The summed E-state index contributed by atoms with van der Waals surface area (Å²) in [4.78, 5) is 14.5. The SMILES string of the molecule is CC(C)CCNC(=O)c1ccc(CN(Cc2ccccc2)C(C)(C)C)o1. The molecule has 2 rings (SSSR count). The van der Waals surface area contributed by atoms with Gasteiger partial charge < -0.3 is 9.73 Å². The lowest BCUT2D eigenvalue weighted by atomic mass is 10.0. The lowest BCUT2D eigenvalue weighted by Crippen LogP contribution is -2.40. The van der Waals surface area contributed by atoms with E-state index < -0.39 is 0 Å². The first-order chi connectivity index (χ1) is 12.3. The summed E-state index contributed by atoms with van der Waals surface area (Å²) in [5, 5.41) is 2.92. The Balaban J connectivity index is 2.00. The number of carbonyl (C=O) groups excluding carboxylic acids is 1. The van der Waals surface area contributed by atoms with E-state index in [4.69, 9.17) is 4.42 Å². The Morgan fingerprint density at radius 2 is 1.77 bits per heavy atom. The number of nitrogens with zero attached hydrogens (tertiary/aromatic N) is 1. The fraction of sp³-hybridized carbons (Fsp3) is 0.500. The van der Waals surface area contributed by atoms with Gasteiger partial charge in [-0.1, -0.05) is 44.2 Å². The molecule has 0 atom stereocenters. The van der Waals surface area contributed by atoms with E-state index in [1.165, 1.54) is 5.56 Å². The first kappa shape index (κ1) is 20.2. The highest BCUT2D eigenvalue weighted by Gasteiger charge is 2.23. The molecule has 26 heavy (non-hydrogen) atoms. The molecule has 4 heteroatoms. The number of hydrogen-bond acceptors (Lipinski definition) is 3. The Hall–Kier alpha value is -2.07. The molecule has 0 aliphatic carbocycles. The number of rotatable bonds is 8. The van der Waals surface area contributed by atoms with Crippen molar-refractivity contribution in [2.45, 2.75) is 59.7 Å². The van der Waals surface area contributed by atoms with Crippen LogP contribution in [0.15, 0.2) is 46.9 Å². The maximum atomic E-state index is 12.2. The van der Waals surface area contributed by atoms with E-state index in [1.807, 2.05) is 12.1 Å². The number of furan rings is 1. The van der Waals surface area contributed by atoms with E-state index in [0.29, 0.717) is 24.8 Å². The van der Waals surface area contributed by atoms with E-state index in [0.717, 1.165) is 18.7 Å². The first-order valence-electron chi connectivity index (χ1n) is 9.41. The predicted molar refractivity (Wildman–Crippen MR) is 106 cm³/mol. The van der Waals surface area contributed by atoms with E-state index in [9.17, 15) is 4.79 Å². The number of benzene rings is 1. The van der Waals surface area contributed by atoms with E-state index in [2.05, 4.69) is 69.1 Å². The van der Waals surface area contributed by atoms with Gasteiger partial charge in [-0.3, -0.25) is 9.69 Å². The molecule has 0 unspecified atom stereocenters. The molecule has 0 saturated carbocycles. The molecule has 142 valence electrons. The van der Waals surface area contributed by atoms with Crippen LogP contribution < -0.4 is 5.32 Å². The molecule has 1 aromatic heterocycles. The zero-order valence-corrected chi connectivity index (χ0v) is 16.7. The van der Waals surface area contributed by atoms with Crippen molar-refractivity contribution >= 4 is 5.91 Å². The highest BCUT2D eigenvalue weighted by atomic mass is 16.4. The van der Waals surface area contributed by atoms with Crippen molar-refractivity contribution < 1.29 is 9.21 Å². The highest BCUT2D eigenvalue weighted by Crippen LogP contribution is 2.21. The Kier molecular flexibility index (Phi) is 7.04. The second kappa shape index (κ2) is 9.04. The minimum absolute atomic E-state index is 0.0116. The molecule has 0 fully saturated rings. The van der Waals surface area contributed by atoms with Crippen LogP contribution in [-0.2, 0) is 13.1 Å². The minimum Gasteiger partial charge on any atom is -0.455 e. The van der Waals surface area contributed by atoms with Crippen molar-refractivity contribution in [2.24, 2.45) is 5.92 Å². The van der Waals surface area contributed by atoms with Gasteiger partial charge in [-0.25, -0.2) is 0 Å². The third kappa shape index (κ3) is 6.34. The van der Waals surface area contributed by atoms with Gasteiger partial charge in [-0.2, -0.15) is 0 Å². The van der Waals surface area contributed by atoms with Crippen LogP contribution in [0, 0.1) is 5.92 Å². The van der Waals surface area contributed by atoms with Gasteiger partial charge in [0.2, 0.25) is 0 Å². The lowest BCUT2D eigenvalue weighted by Gasteiger charge is -2.35. The quantitative estimate of drug-likeness (QED) is 0.735. The summed E-state index contributed by atoms with van der Waals surface area (Å²) in [6, 6.07) is 14.1. The van der Waals surface area contributed by atoms with E-state index in [-0.39, 0.29) is 11.4 Å². The number of nitrogens with one attached hydrogen (secondary N) is 1. The third-order valence-corrected chi connectivity index (χ3v) is 4.40. The standard InChI is InChI=1S/C22H32N2O2/c1-17(2)13-14-23-21(25)20-12-11-19(26-20)16-24(22(3,4)5)15-18-9-7-6-8-10-18/h6-12,17H,13-16H2,1-5H3,(H,23,25). The Morgan fingerprint density at radius 3 is 2.38 bits per heavy atom. The maximum Gasteiger partial charge on any atom is 0.286 e. The molecule has 0 radical (unpaired) electrons. The highest BCUT2D eigenvalue weighted by molar-refractivity contribution is 5.91. The molecule has 1 amide bonds. The van der Waals surface area contributed by atoms with Crippen molar-refractivity contribution in [2.75, 3.05) is 6.54 Å². The summed E-state index contributed by atoms with van der Waals surface area (Å²) in [5.74, 6) is 1.63. The second-order valence-corrected chi connectivity index (χ2v) is 8.22. The van der Waals surface area contributed by atoms with Crippen LogP contribution in [0.3, 0.4) is 0 Å². The van der Waals surface area contributed by atoms with Crippen LogP contribution >= 0.6 is 0 Å². The summed E-state index contributed by atoms with van der Waals surface area (Å²) in [7, 11) is 0. The van der Waals surface area contributed by atoms with Gasteiger partial charge in [0.1, 0.15) is 5.76 Å². The monoisotopic (exact) mass is 356 g/mol. The molecule has 4 nitrogen and oxygen atoms in total. The molecule has 0 aliphatic rings. The van der Waals surface area contributed by atoms with Gasteiger partial charge in [0.05, 0.1) is 6.54 Å². The summed E-state index contributed by atoms with van der Waals surface area (Å²) in [6.45, 7) is 13.0. The van der Waals surface area contributed by atoms with Crippen molar-refractivity contribution in [1.29, 1.82) is 0 Å². The van der Waals surface area contributed by atoms with Gasteiger partial charge in [0.25, 0.3) is 5.91 Å².